The van der Waals surface area contributed by atoms with Crippen LogP contribution in [0.15, 0.2) is 24.3 Å². The standard InChI is InChI=1S/C11H15N.ClH/c1-9-3-2-4-10(7-9)8-12-11-5-6-11;/h2-4,7,11-12H,5-6,8H2,1H3;1H. The normalized spacial score (nSPS) is 15.2. The van der Waals surface area contributed by atoms with E-state index in [9.17, 15) is 0 Å². The van der Waals surface area contributed by atoms with Crippen LogP contribution in [0, 0.1) is 6.92 Å². The van der Waals surface area contributed by atoms with Gasteiger partial charge in [0.1, 0.15) is 0 Å². The smallest absolute Gasteiger partial charge is 0.0208 e. The molecule has 0 aromatic heterocycles. The lowest BCUT2D eigenvalue weighted by Gasteiger charge is -2.03. The van der Waals surface area contributed by atoms with Crippen LogP contribution in [0.2, 0.25) is 0 Å². The Kier molecular flexibility index (Phi) is 3.76. The molecule has 1 fully saturated rings. The lowest BCUT2D eigenvalue weighted by atomic mass is 10.1. The molecule has 1 saturated carbocycles. The fourth-order valence-electron chi connectivity index (χ4n) is 1.37. The van der Waals surface area contributed by atoms with Gasteiger partial charge in [-0.25, -0.2) is 0 Å². The zero-order chi connectivity index (χ0) is 8.39. The molecule has 0 saturated heterocycles. The molecule has 2 rings (SSSR count). The van der Waals surface area contributed by atoms with Crippen molar-refractivity contribution in [2.75, 3.05) is 0 Å². The number of benzene rings is 1. The molecule has 1 nitrogen and oxygen atoms in total. The van der Waals surface area contributed by atoms with Crippen molar-refractivity contribution >= 4 is 12.4 Å². The van der Waals surface area contributed by atoms with Crippen molar-refractivity contribution in [1.82, 2.24) is 5.32 Å². The van der Waals surface area contributed by atoms with Gasteiger partial charge in [-0.05, 0) is 25.3 Å². The van der Waals surface area contributed by atoms with E-state index in [2.05, 4.69) is 36.5 Å². The minimum atomic E-state index is 0. The molecule has 1 aliphatic carbocycles. The SMILES string of the molecule is Cc1cccc(CNC2CC2)c1.Cl. The highest BCUT2D eigenvalue weighted by molar-refractivity contribution is 5.85. The van der Waals surface area contributed by atoms with Gasteiger partial charge in [0, 0.05) is 12.6 Å². The third kappa shape index (κ3) is 3.37. The van der Waals surface area contributed by atoms with Crippen molar-refractivity contribution in [3.05, 3.63) is 35.4 Å². The van der Waals surface area contributed by atoms with Gasteiger partial charge in [0.05, 0.1) is 0 Å². The number of aryl methyl sites for hydroxylation is 1. The van der Waals surface area contributed by atoms with E-state index >= 15 is 0 Å². The van der Waals surface area contributed by atoms with E-state index in [0.717, 1.165) is 12.6 Å². The van der Waals surface area contributed by atoms with Gasteiger partial charge < -0.3 is 5.32 Å². The maximum absolute atomic E-state index is 3.50. The van der Waals surface area contributed by atoms with Crippen molar-refractivity contribution in [1.29, 1.82) is 0 Å². The molecule has 1 aliphatic rings. The van der Waals surface area contributed by atoms with Crippen LogP contribution in [0.5, 0.6) is 0 Å². The summed E-state index contributed by atoms with van der Waals surface area (Å²) in [7, 11) is 0. The van der Waals surface area contributed by atoms with Crippen molar-refractivity contribution in [2.24, 2.45) is 0 Å². The molecule has 0 radical (unpaired) electrons. The largest absolute Gasteiger partial charge is 0.310 e. The van der Waals surface area contributed by atoms with Gasteiger partial charge in [0.25, 0.3) is 0 Å². The molecule has 13 heavy (non-hydrogen) atoms. The predicted molar refractivity (Wildman–Crippen MR) is 58.3 cm³/mol. The quantitative estimate of drug-likeness (QED) is 0.786. The highest BCUT2D eigenvalue weighted by atomic mass is 35.5. The highest BCUT2D eigenvalue weighted by Crippen LogP contribution is 2.19. The maximum atomic E-state index is 3.50. The lowest BCUT2D eigenvalue weighted by molar-refractivity contribution is 0.687. The summed E-state index contributed by atoms with van der Waals surface area (Å²) in [5.74, 6) is 0. The Balaban J connectivity index is 0.000000845. The fraction of sp³-hybridized carbons (Fsp3) is 0.455. The Hall–Kier alpha value is -0.530. The lowest BCUT2D eigenvalue weighted by Crippen LogP contribution is -2.15. The van der Waals surface area contributed by atoms with Crippen LogP contribution in [0.3, 0.4) is 0 Å². The summed E-state index contributed by atoms with van der Waals surface area (Å²) in [6.07, 6.45) is 2.73. The van der Waals surface area contributed by atoms with E-state index in [-0.39, 0.29) is 12.4 Å². The summed E-state index contributed by atoms with van der Waals surface area (Å²) in [5, 5.41) is 3.50. The van der Waals surface area contributed by atoms with Crippen LogP contribution in [-0.4, -0.2) is 6.04 Å². The third-order valence-corrected chi connectivity index (χ3v) is 2.25. The van der Waals surface area contributed by atoms with Crippen LogP contribution in [-0.2, 0) is 6.54 Å². The zero-order valence-electron chi connectivity index (χ0n) is 7.92. The van der Waals surface area contributed by atoms with Crippen LogP contribution in [0.1, 0.15) is 24.0 Å². The van der Waals surface area contributed by atoms with Crippen LogP contribution < -0.4 is 5.32 Å². The molecule has 0 heterocycles. The Morgan fingerprint density at radius 3 is 2.77 bits per heavy atom. The second-order valence-corrected chi connectivity index (χ2v) is 3.64. The van der Waals surface area contributed by atoms with Gasteiger partial charge in [-0.2, -0.15) is 0 Å². The Bertz CT molecular complexity index is 269. The van der Waals surface area contributed by atoms with Gasteiger partial charge in [-0.1, -0.05) is 29.8 Å². The second-order valence-electron chi connectivity index (χ2n) is 3.64. The summed E-state index contributed by atoms with van der Waals surface area (Å²) < 4.78 is 0. The Labute approximate surface area is 86.0 Å². The third-order valence-electron chi connectivity index (χ3n) is 2.25. The van der Waals surface area contributed by atoms with Crippen LogP contribution >= 0.6 is 12.4 Å². The molecule has 1 aromatic rings. The molecule has 1 aromatic carbocycles. The Morgan fingerprint density at radius 1 is 1.38 bits per heavy atom. The minimum Gasteiger partial charge on any atom is -0.310 e. The summed E-state index contributed by atoms with van der Waals surface area (Å²) in [6.45, 7) is 3.17. The van der Waals surface area contributed by atoms with Gasteiger partial charge in [0.15, 0.2) is 0 Å². The summed E-state index contributed by atoms with van der Waals surface area (Å²) in [6, 6.07) is 9.50. The molecule has 0 bridgehead atoms. The zero-order valence-corrected chi connectivity index (χ0v) is 8.73. The van der Waals surface area contributed by atoms with E-state index in [1.54, 1.807) is 0 Å². The predicted octanol–water partition coefficient (Wildman–Crippen LogP) is 2.67. The molecule has 0 aliphatic heterocycles. The molecular weight excluding hydrogens is 182 g/mol. The van der Waals surface area contributed by atoms with Gasteiger partial charge in [-0.3, -0.25) is 0 Å². The topological polar surface area (TPSA) is 12.0 Å². The first-order valence-corrected chi connectivity index (χ1v) is 4.63. The van der Waals surface area contributed by atoms with Gasteiger partial charge in [-0.15, -0.1) is 12.4 Å². The minimum absolute atomic E-state index is 0. The first-order chi connectivity index (χ1) is 5.84. The van der Waals surface area contributed by atoms with Crippen molar-refractivity contribution in [2.45, 2.75) is 32.4 Å². The van der Waals surface area contributed by atoms with Crippen LogP contribution in [0.4, 0.5) is 0 Å². The van der Waals surface area contributed by atoms with Crippen molar-refractivity contribution in [3.8, 4) is 0 Å². The fourth-order valence-corrected chi connectivity index (χ4v) is 1.37. The molecule has 2 heteroatoms. The first-order valence-electron chi connectivity index (χ1n) is 4.63. The molecule has 0 unspecified atom stereocenters. The highest BCUT2D eigenvalue weighted by Gasteiger charge is 2.19. The number of rotatable bonds is 3. The maximum Gasteiger partial charge on any atom is 0.0208 e. The molecular formula is C11H16ClN. The molecule has 1 N–H and O–H groups in total. The number of hydrogen-bond acceptors (Lipinski definition) is 1. The van der Waals surface area contributed by atoms with Gasteiger partial charge in [0.2, 0.25) is 0 Å². The van der Waals surface area contributed by atoms with E-state index < -0.39 is 0 Å². The molecule has 0 atom stereocenters. The Morgan fingerprint density at radius 2 is 2.15 bits per heavy atom. The summed E-state index contributed by atoms with van der Waals surface area (Å²) >= 11 is 0. The second kappa shape index (κ2) is 4.64. The molecule has 0 amide bonds. The average molecular weight is 198 g/mol. The van der Waals surface area contributed by atoms with E-state index in [1.807, 2.05) is 0 Å². The van der Waals surface area contributed by atoms with E-state index in [1.165, 1.54) is 24.0 Å². The summed E-state index contributed by atoms with van der Waals surface area (Å²) in [4.78, 5) is 0. The number of hydrogen-bond donors (Lipinski definition) is 1. The van der Waals surface area contributed by atoms with Gasteiger partial charge >= 0.3 is 0 Å². The van der Waals surface area contributed by atoms with E-state index in [4.69, 9.17) is 0 Å². The number of nitrogens with one attached hydrogen (secondary N) is 1. The van der Waals surface area contributed by atoms with E-state index in [0.29, 0.717) is 0 Å². The van der Waals surface area contributed by atoms with Crippen molar-refractivity contribution in [3.63, 3.8) is 0 Å². The van der Waals surface area contributed by atoms with Crippen LogP contribution in [0.25, 0.3) is 0 Å². The first kappa shape index (κ1) is 10.6. The summed E-state index contributed by atoms with van der Waals surface area (Å²) in [5.41, 5.74) is 2.76. The monoisotopic (exact) mass is 197 g/mol. The molecule has 0 spiro atoms. The molecule has 72 valence electrons. The number of halogens is 1. The average Bonchev–Trinajstić information content (AvgIpc) is 2.84. The van der Waals surface area contributed by atoms with Crippen molar-refractivity contribution < 1.29 is 0 Å².